The minimum atomic E-state index is 0.444. The van der Waals surface area contributed by atoms with Crippen LogP contribution in [0.4, 0.5) is 0 Å². The second-order valence-corrected chi connectivity index (χ2v) is 7.33. The maximum Gasteiger partial charge on any atom is 0.0991 e. The van der Waals surface area contributed by atoms with Crippen LogP contribution in [0.3, 0.4) is 0 Å². The van der Waals surface area contributed by atoms with E-state index in [1.165, 1.54) is 24.1 Å². The van der Waals surface area contributed by atoms with Gasteiger partial charge in [0, 0.05) is 44.9 Å². The molecule has 1 aromatic heterocycles. The van der Waals surface area contributed by atoms with Crippen molar-refractivity contribution in [1.82, 2.24) is 14.7 Å². The third kappa shape index (κ3) is 4.28. The number of benzene rings is 1. The first-order chi connectivity index (χ1) is 12.3. The quantitative estimate of drug-likeness (QED) is 0.814. The number of nitrogens with zero attached hydrogens (tertiary/aromatic N) is 4. The summed E-state index contributed by atoms with van der Waals surface area (Å²) >= 11 is 0. The Kier molecular flexibility index (Phi) is 4.82. The summed E-state index contributed by atoms with van der Waals surface area (Å²) in [5.41, 5.74) is 3.16. The first-order valence-electron chi connectivity index (χ1n) is 9.10. The third-order valence-electron chi connectivity index (χ3n) is 5.00. The van der Waals surface area contributed by atoms with Gasteiger partial charge in [-0.1, -0.05) is 12.1 Å². The molecule has 1 fully saturated rings. The van der Waals surface area contributed by atoms with Crippen LogP contribution in [0.1, 0.15) is 29.7 Å². The minimum Gasteiger partial charge on any atom is -0.381 e. The van der Waals surface area contributed by atoms with Crippen LogP contribution in [-0.2, 0) is 24.4 Å². The van der Waals surface area contributed by atoms with Crippen LogP contribution in [-0.4, -0.2) is 34.4 Å². The second-order valence-electron chi connectivity index (χ2n) is 7.33. The van der Waals surface area contributed by atoms with Gasteiger partial charge < -0.3 is 4.74 Å². The van der Waals surface area contributed by atoms with Crippen molar-refractivity contribution in [2.24, 2.45) is 11.8 Å². The van der Waals surface area contributed by atoms with Gasteiger partial charge in [-0.2, -0.15) is 10.4 Å². The lowest BCUT2D eigenvalue weighted by Gasteiger charge is -2.24. The highest BCUT2D eigenvalue weighted by atomic mass is 16.5. The molecule has 0 bridgehead atoms. The summed E-state index contributed by atoms with van der Waals surface area (Å²) < 4.78 is 8.09. The van der Waals surface area contributed by atoms with E-state index in [2.05, 4.69) is 32.9 Å². The van der Waals surface area contributed by atoms with Crippen molar-refractivity contribution in [3.63, 3.8) is 0 Å². The van der Waals surface area contributed by atoms with Crippen LogP contribution in [0, 0.1) is 23.2 Å². The van der Waals surface area contributed by atoms with Crippen LogP contribution in [0.2, 0.25) is 0 Å². The largest absolute Gasteiger partial charge is 0.381 e. The van der Waals surface area contributed by atoms with E-state index >= 15 is 0 Å². The lowest BCUT2D eigenvalue weighted by Crippen LogP contribution is -2.30. The Bertz CT molecular complexity index is 759. The average molecular weight is 336 g/mol. The van der Waals surface area contributed by atoms with Crippen LogP contribution in [0.5, 0.6) is 0 Å². The predicted octanol–water partition coefficient (Wildman–Crippen LogP) is 2.81. The average Bonchev–Trinajstić information content (AvgIpc) is 3.37. The molecule has 5 nitrogen and oxygen atoms in total. The molecule has 2 aromatic rings. The van der Waals surface area contributed by atoms with Gasteiger partial charge in [0.15, 0.2) is 0 Å². The maximum atomic E-state index is 9.11. The summed E-state index contributed by atoms with van der Waals surface area (Å²) in [5.74, 6) is 1.25. The molecule has 0 spiro atoms. The van der Waals surface area contributed by atoms with E-state index in [1.807, 2.05) is 24.4 Å². The summed E-state index contributed by atoms with van der Waals surface area (Å²) in [5, 5.41) is 13.6. The molecular weight excluding hydrogens is 312 g/mol. The number of nitriles is 1. The van der Waals surface area contributed by atoms with Crippen molar-refractivity contribution in [3.8, 4) is 6.07 Å². The number of fused-ring (bicyclic) bond motifs is 1. The van der Waals surface area contributed by atoms with E-state index in [0.29, 0.717) is 5.92 Å². The van der Waals surface area contributed by atoms with E-state index in [0.717, 1.165) is 50.9 Å². The molecule has 0 amide bonds. The highest BCUT2D eigenvalue weighted by Crippen LogP contribution is 2.29. The third-order valence-corrected chi connectivity index (χ3v) is 5.00. The van der Waals surface area contributed by atoms with Gasteiger partial charge in [-0.3, -0.25) is 9.58 Å². The lowest BCUT2D eigenvalue weighted by atomic mass is 10.1. The molecule has 1 saturated carbocycles. The second kappa shape index (κ2) is 7.38. The van der Waals surface area contributed by atoms with E-state index in [1.54, 1.807) is 0 Å². The molecule has 0 radical (unpaired) electrons. The predicted molar refractivity (Wildman–Crippen MR) is 94.5 cm³/mol. The monoisotopic (exact) mass is 336 g/mol. The van der Waals surface area contributed by atoms with Crippen molar-refractivity contribution >= 4 is 0 Å². The highest BCUT2D eigenvalue weighted by Gasteiger charge is 2.25. The van der Waals surface area contributed by atoms with Gasteiger partial charge in [0.25, 0.3) is 0 Å². The Balaban J connectivity index is 1.44. The molecule has 1 aromatic carbocycles. The van der Waals surface area contributed by atoms with Gasteiger partial charge in [-0.05, 0) is 42.5 Å². The summed E-state index contributed by atoms with van der Waals surface area (Å²) in [4.78, 5) is 2.45. The Morgan fingerprint density at radius 1 is 1.16 bits per heavy atom. The van der Waals surface area contributed by atoms with Crippen molar-refractivity contribution < 1.29 is 4.74 Å². The smallest absolute Gasteiger partial charge is 0.0991 e. The fraction of sp³-hybridized carbons (Fsp3) is 0.500. The normalized spacial score (nSPS) is 20.7. The molecule has 1 atom stereocenters. The van der Waals surface area contributed by atoms with Crippen molar-refractivity contribution in [2.75, 3.05) is 19.8 Å². The molecule has 0 N–H and O–H groups in total. The lowest BCUT2D eigenvalue weighted by molar-refractivity contribution is 0.0696. The molecule has 0 saturated heterocycles. The molecule has 1 aliphatic heterocycles. The number of aromatic nitrogens is 2. The topological polar surface area (TPSA) is 54.1 Å². The molecule has 1 aliphatic carbocycles. The molecule has 130 valence electrons. The first kappa shape index (κ1) is 16.3. The van der Waals surface area contributed by atoms with Gasteiger partial charge in [-0.15, -0.1) is 0 Å². The molecular formula is C20H24N4O. The fourth-order valence-corrected chi connectivity index (χ4v) is 3.53. The van der Waals surface area contributed by atoms with Crippen molar-refractivity contribution in [3.05, 3.63) is 53.3 Å². The number of ether oxygens (including phenoxy) is 1. The van der Waals surface area contributed by atoms with Gasteiger partial charge in [-0.25, -0.2) is 0 Å². The van der Waals surface area contributed by atoms with Gasteiger partial charge >= 0.3 is 0 Å². The Hall–Kier alpha value is -2.16. The molecule has 2 aliphatic rings. The molecule has 5 heteroatoms. The SMILES string of the molecule is N#Cc1cccc(CN2Cc3ccnn3C[C@@H](COCC3CC3)C2)c1. The van der Waals surface area contributed by atoms with Crippen LogP contribution < -0.4 is 0 Å². The van der Waals surface area contributed by atoms with Gasteiger partial charge in [0.1, 0.15) is 0 Å². The van der Waals surface area contributed by atoms with E-state index in [4.69, 9.17) is 10.00 Å². The summed E-state index contributed by atoms with van der Waals surface area (Å²) in [6, 6.07) is 12.2. The molecule has 0 unspecified atom stereocenters. The zero-order valence-corrected chi connectivity index (χ0v) is 14.5. The molecule has 4 rings (SSSR count). The zero-order valence-electron chi connectivity index (χ0n) is 14.5. The zero-order chi connectivity index (χ0) is 17.1. The first-order valence-corrected chi connectivity index (χ1v) is 9.10. The number of hydrogen-bond donors (Lipinski definition) is 0. The molecule has 25 heavy (non-hydrogen) atoms. The maximum absolute atomic E-state index is 9.11. The Labute approximate surface area is 148 Å². The number of hydrogen-bond acceptors (Lipinski definition) is 4. The summed E-state index contributed by atoms with van der Waals surface area (Å²) in [6.45, 7) is 5.35. The van der Waals surface area contributed by atoms with E-state index in [9.17, 15) is 0 Å². The molecule has 2 heterocycles. The van der Waals surface area contributed by atoms with Crippen LogP contribution in [0.25, 0.3) is 0 Å². The minimum absolute atomic E-state index is 0.444. The van der Waals surface area contributed by atoms with E-state index < -0.39 is 0 Å². The number of rotatable bonds is 6. The Morgan fingerprint density at radius 3 is 2.88 bits per heavy atom. The fourth-order valence-electron chi connectivity index (χ4n) is 3.53. The van der Waals surface area contributed by atoms with Crippen LogP contribution >= 0.6 is 0 Å². The standard InChI is InChI=1S/C20H24N4O/c21-9-17-2-1-3-18(8-17)10-23-11-19(15-25-14-16-4-5-16)12-24-20(13-23)6-7-22-24/h1-3,6-8,16,19H,4-5,10-15H2/t19-/m0/s1. The van der Waals surface area contributed by atoms with E-state index in [-0.39, 0.29) is 0 Å². The summed E-state index contributed by atoms with van der Waals surface area (Å²) in [7, 11) is 0. The van der Waals surface area contributed by atoms with Crippen molar-refractivity contribution in [1.29, 1.82) is 5.26 Å². The summed E-state index contributed by atoms with van der Waals surface area (Å²) in [6.07, 6.45) is 4.54. The van der Waals surface area contributed by atoms with Gasteiger partial charge in [0.2, 0.25) is 0 Å². The van der Waals surface area contributed by atoms with Crippen LogP contribution in [0.15, 0.2) is 36.5 Å². The Morgan fingerprint density at radius 2 is 2.04 bits per heavy atom. The van der Waals surface area contributed by atoms with Gasteiger partial charge in [0.05, 0.1) is 23.9 Å². The highest BCUT2D eigenvalue weighted by molar-refractivity contribution is 5.32. The van der Waals surface area contributed by atoms with Crippen molar-refractivity contribution in [2.45, 2.75) is 32.5 Å².